The summed E-state index contributed by atoms with van der Waals surface area (Å²) in [5.74, 6) is 0. The van der Waals surface area contributed by atoms with E-state index < -0.39 is 8.80 Å². The minimum atomic E-state index is -2.47. The van der Waals surface area contributed by atoms with Gasteiger partial charge in [0.25, 0.3) is 0 Å². The van der Waals surface area contributed by atoms with Crippen LogP contribution in [0.1, 0.15) is 66.7 Å². The summed E-state index contributed by atoms with van der Waals surface area (Å²) >= 11 is 0. The molecule has 0 aliphatic rings. The number of unbranched alkanes of at least 4 members (excludes halogenated alkanes) is 2. The highest BCUT2D eigenvalue weighted by molar-refractivity contribution is 6.60. The van der Waals surface area contributed by atoms with E-state index in [0.717, 1.165) is 25.4 Å². The standard InChI is InChI=1S/C16H35NO3Si/c1-6-10-11-13-16(5)17-14-12-15-21(18-7-2,19-8-3)20-9-4/h6-15H2,1-5H3. The van der Waals surface area contributed by atoms with Crippen LogP contribution in [0.3, 0.4) is 0 Å². The molecule has 0 aliphatic heterocycles. The monoisotopic (exact) mass is 317 g/mol. The lowest BCUT2D eigenvalue weighted by atomic mass is 10.1. The summed E-state index contributed by atoms with van der Waals surface area (Å²) < 4.78 is 17.5. The van der Waals surface area contributed by atoms with Gasteiger partial charge in [-0.1, -0.05) is 19.8 Å². The fraction of sp³-hybridized carbons (Fsp3) is 0.938. The summed E-state index contributed by atoms with van der Waals surface area (Å²) in [6.07, 6.45) is 5.90. The normalized spacial score (nSPS) is 12.9. The highest BCUT2D eigenvalue weighted by Crippen LogP contribution is 2.18. The largest absolute Gasteiger partial charge is 0.500 e. The zero-order chi connectivity index (χ0) is 16.0. The average Bonchev–Trinajstić information content (AvgIpc) is 2.45. The Hall–Kier alpha value is -0.233. The van der Waals surface area contributed by atoms with Crippen LogP contribution < -0.4 is 0 Å². The van der Waals surface area contributed by atoms with Crippen molar-refractivity contribution < 1.29 is 13.3 Å². The fourth-order valence-electron chi connectivity index (χ4n) is 2.28. The lowest BCUT2D eigenvalue weighted by Gasteiger charge is -2.28. The van der Waals surface area contributed by atoms with Gasteiger partial charge in [-0.05, 0) is 47.0 Å². The van der Waals surface area contributed by atoms with Crippen LogP contribution in [0.15, 0.2) is 4.99 Å². The van der Waals surface area contributed by atoms with Crippen molar-refractivity contribution in [2.45, 2.75) is 72.8 Å². The molecule has 0 radical (unpaired) electrons. The van der Waals surface area contributed by atoms with Crippen molar-refractivity contribution in [3.05, 3.63) is 0 Å². The summed E-state index contributed by atoms with van der Waals surface area (Å²) in [5, 5.41) is 0. The van der Waals surface area contributed by atoms with Crippen molar-refractivity contribution in [2.75, 3.05) is 26.4 Å². The Labute approximate surface area is 132 Å². The van der Waals surface area contributed by atoms with E-state index in [9.17, 15) is 0 Å². The SMILES string of the molecule is CCCCCC(C)=NCCC[Si](OCC)(OCC)OCC. The van der Waals surface area contributed by atoms with E-state index >= 15 is 0 Å². The summed E-state index contributed by atoms with van der Waals surface area (Å²) in [7, 11) is -2.47. The molecule has 5 heteroatoms. The molecule has 0 unspecified atom stereocenters. The highest BCUT2D eigenvalue weighted by Gasteiger charge is 2.39. The number of rotatable bonds is 14. The molecule has 126 valence electrons. The quantitative estimate of drug-likeness (QED) is 0.270. The molecule has 21 heavy (non-hydrogen) atoms. The topological polar surface area (TPSA) is 40.0 Å². The molecule has 0 atom stereocenters. The Morgan fingerprint density at radius 2 is 1.43 bits per heavy atom. The van der Waals surface area contributed by atoms with Crippen molar-refractivity contribution >= 4 is 14.5 Å². The van der Waals surface area contributed by atoms with Gasteiger partial charge < -0.3 is 13.3 Å². The Morgan fingerprint density at radius 3 is 1.90 bits per heavy atom. The van der Waals surface area contributed by atoms with Gasteiger partial charge in [0.2, 0.25) is 0 Å². The van der Waals surface area contributed by atoms with Gasteiger partial charge >= 0.3 is 8.80 Å². The van der Waals surface area contributed by atoms with Crippen LogP contribution in [0.2, 0.25) is 6.04 Å². The molecule has 0 heterocycles. The van der Waals surface area contributed by atoms with Crippen molar-refractivity contribution in [3.63, 3.8) is 0 Å². The Kier molecular flexibility index (Phi) is 13.3. The van der Waals surface area contributed by atoms with Crippen LogP contribution in [0, 0.1) is 0 Å². The van der Waals surface area contributed by atoms with E-state index in [-0.39, 0.29) is 0 Å². The summed E-state index contributed by atoms with van der Waals surface area (Å²) in [4.78, 5) is 4.65. The van der Waals surface area contributed by atoms with Crippen LogP contribution in [0.4, 0.5) is 0 Å². The van der Waals surface area contributed by atoms with E-state index in [2.05, 4.69) is 18.8 Å². The number of hydrogen-bond donors (Lipinski definition) is 0. The van der Waals surface area contributed by atoms with Crippen LogP contribution in [-0.4, -0.2) is 40.9 Å². The molecule has 0 fully saturated rings. The molecule has 0 saturated heterocycles. The number of nitrogens with zero attached hydrogens (tertiary/aromatic N) is 1. The second-order valence-corrected chi connectivity index (χ2v) is 7.89. The van der Waals surface area contributed by atoms with E-state index in [4.69, 9.17) is 13.3 Å². The smallest absolute Gasteiger partial charge is 0.374 e. The fourth-order valence-corrected chi connectivity index (χ4v) is 4.87. The second-order valence-electron chi connectivity index (χ2n) is 5.16. The minimum Gasteiger partial charge on any atom is -0.374 e. The van der Waals surface area contributed by atoms with E-state index in [1.807, 2.05) is 20.8 Å². The van der Waals surface area contributed by atoms with Crippen LogP contribution in [0.5, 0.6) is 0 Å². The third-order valence-electron chi connectivity index (χ3n) is 3.26. The van der Waals surface area contributed by atoms with Crippen molar-refractivity contribution in [1.82, 2.24) is 0 Å². The van der Waals surface area contributed by atoms with Crippen LogP contribution >= 0.6 is 0 Å². The molecule has 0 N–H and O–H groups in total. The zero-order valence-electron chi connectivity index (χ0n) is 14.7. The van der Waals surface area contributed by atoms with E-state index in [1.54, 1.807) is 0 Å². The second kappa shape index (κ2) is 13.4. The lowest BCUT2D eigenvalue weighted by molar-refractivity contribution is 0.0710. The Morgan fingerprint density at radius 1 is 0.857 bits per heavy atom. The first-order chi connectivity index (χ1) is 10.1. The Balaban J connectivity index is 4.19. The van der Waals surface area contributed by atoms with Gasteiger partial charge in [-0.25, -0.2) is 0 Å². The maximum Gasteiger partial charge on any atom is 0.500 e. The van der Waals surface area contributed by atoms with Gasteiger partial charge in [0, 0.05) is 38.1 Å². The van der Waals surface area contributed by atoms with Crippen molar-refractivity contribution in [1.29, 1.82) is 0 Å². The molecule has 0 rings (SSSR count). The van der Waals surface area contributed by atoms with Gasteiger partial charge in [0.05, 0.1) is 0 Å². The molecule has 0 aromatic heterocycles. The van der Waals surface area contributed by atoms with Gasteiger partial charge in [0.15, 0.2) is 0 Å². The van der Waals surface area contributed by atoms with Gasteiger partial charge in [0.1, 0.15) is 0 Å². The Bertz CT molecular complexity index is 255. The predicted octanol–water partition coefficient (Wildman–Crippen LogP) is 4.47. The third-order valence-corrected chi connectivity index (χ3v) is 6.41. The molecule has 0 bridgehead atoms. The maximum absolute atomic E-state index is 5.84. The molecule has 4 nitrogen and oxygen atoms in total. The molecule has 0 aliphatic carbocycles. The highest BCUT2D eigenvalue weighted by atomic mass is 28.4. The first kappa shape index (κ1) is 20.8. The van der Waals surface area contributed by atoms with Gasteiger partial charge in [-0.15, -0.1) is 0 Å². The first-order valence-electron chi connectivity index (χ1n) is 8.55. The number of hydrogen-bond acceptors (Lipinski definition) is 4. The first-order valence-corrected chi connectivity index (χ1v) is 10.5. The zero-order valence-corrected chi connectivity index (χ0v) is 15.7. The van der Waals surface area contributed by atoms with Crippen molar-refractivity contribution in [2.24, 2.45) is 4.99 Å². The molecule has 0 aromatic rings. The van der Waals surface area contributed by atoms with E-state index in [0.29, 0.717) is 19.8 Å². The third kappa shape index (κ3) is 10.2. The summed E-state index contributed by atoms with van der Waals surface area (Å²) in [5.41, 5.74) is 1.26. The predicted molar refractivity (Wildman–Crippen MR) is 92.2 cm³/mol. The van der Waals surface area contributed by atoms with Crippen LogP contribution in [0.25, 0.3) is 0 Å². The van der Waals surface area contributed by atoms with Crippen LogP contribution in [-0.2, 0) is 13.3 Å². The summed E-state index contributed by atoms with van der Waals surface area (Å²) in [6.45, 7) is 13.1. The average molecular weight is 318 g/mol. The molecule has 0 aromatic carbocycles. The molecule has 0 amide bonds. The molecular weight excluding hydrogens is 282 g/mol. The minimum absolute atomic E-state index is 0.644. The molecule has 0 spiro atoms. The molecule has 0 saturated carbocycles. The van der Waals surface area contributed by atoms with Gasteiger partial charge in [-0.2, -0.15) is 0 Å². The molecular formula is C16H35NO3Si. The maximum atomic E-state index is 5.84. The summed E-state index contributed by atoms with van der Waals surface area (Å²) in [6, 6.07) is 0.855. The lowest BCUT2D eigenvalue weighted by Crippen LogP contribution is -2.46. The van der Waals surface area contributed by atoms with Crippen molar-refractivity contribution in [3.8, 4) is 0 Å². The van der Waals surface area contributed by atoms with E-state index in [1.165, 1.54) is 25.0 Å². The number of aliphatic imine (C=N–C) groups is 1. The van der Waals surface area contributed by atoms with Gasteiger partial charge in [-0.3, -0.25) is 4.99 Å².